The molecule has 1 atom stereocenters. The fourth-order valence-electron chi connectivity index (χ4n) is 5.67. The van der Waals surface area contributed by atoms with Crippen molar-refractivity contribution in [3.05, 3.63) is 107 Å². The van der Waals surface area contributed by atoms with Gasteiger partial charge in [-0.15, -0.1) is 0 Å². The van der Waals surface area contributed by atoms with Crippen molar-refractivity contribution in [1.29, 1.82) is 0 Å². The van der Waals surface area contributed by atoms with Crippen LogP contribution in [0.25, 0.3) is 0 Å². The summed E-state index contributed by atoms with van der Waals surface area (Å²) >= 11 is 0. The Morgan fingerprint density at radius 2 is 1.52 bits per heavy atom. The summed E-state index contributed by atoms with van der Waals surface area (Å²) in [6.07, 6.45) is 7.06. The lowest BCUT2D eigenvalue weighted by molar-refractivity contribution is -0.141. The Balaban J connectivity index is 1.59. The summed E-state index contributed by atoms with van der Waals surface area (Å²) in [4.78, 5) is 29.8. The number of nitrogens with one attached hydrogen (secondary N) is 1. The minimum atomic E-state index is -0.569. The van der Waals surface area contributed by atoms with Gasteiger partial charge in [-0.1, -0.05) is 124 Å². The molecule has 4 heteroatoms. The third-order valence-electron chi connectivity index (χ3n) is 8.11. The van der Waals surface area contributed by atoms with Gasteiger partial charge < -0.3 is 10.2 Å². The first kappa shape index (κ1) is 29.6. The average Bonchev–Trinajstić information content (AvgIpc) is 2.94. The van der Waals surface area contributed by atoms with Crippen molar-refractivity contribution in [2.45, 2.75) is 103 Å². The molecule has 1 N–H and O–H groups in total. The number of carbonyl (C=O) groups is 2. The molecule has 1 aliphatic rings. The van der Waals surface area contributed by atoms with Crippen molar-refractivity contribution < 1.29 is 9.59 Å². The molecule has 0 bridgehead atoms. The third kappa shape index (κ3) is 8.55. The Morgan fingerprint density at radius 3 is 2.17 bits per heavy atom. The van der Waals surface area contributed by atoms with Crippen LogP contribution in [0.3, 0.4) is 0 Å². The van der Waals surface area contributed by atoms with Crippen molar-refractivity contribution in [3.63, 3.8) is 0 Å². The average molecular weight is 539 g/mol. The number of hydrogen-bond acceptors (Lipinski definition) is 2. The lowest BCUT2D eigenvalue weighted by Gasteiger charge is -2.33. The van der Waals surface area contributed by atoms with Crippen LogP contribution in [0.1, 0.15) is 87.1 Å². The van der Waals surface area contributed by atoms with Gasteiger partial charge in [-0.3, -0.25) is 9.59 Å². The summed E-state index contributed by atoms with van der Waals surface area (Å²) in [5.41, 5.74) is 5.77. The molecule has 0 spiro atoms. The van der Waals surface area contributed by atoms with E-state index in [-0.39, 0.29) is 23.3 Å². The van der Waals surface area contributed by atoms with Crippen LogP contribution in [0, 0.1) is 6.92 Å². The van der Waals surface area contributed by atoms with Crippen molar-refractivity contribution in [2.24, 2.45) is 0 Å². The molecule has 0 saturated heterocycles. The highest BCUT2D eigenvalue weighted by molar-refractivity contribution is 5.88. The van der Waals surface area contributed by atoms with Crippen LogP contribution >= 0.6 is 0 Å². The van der Waals surface area contributed by atoms with Crippen LogP contribution in [0.5, 0.6) is 0 Å². The van der Waals surface area contributed by atoms with Gasteiger partial charge in [0.05, 0.1) is 0 Å². The minimum Gasteiger partial charge on any atom is -0.352 e. The Morgan fingerprint density at radius 1 is 0.850 bits per heavy atom. The number of aryl methyl sites for hydroxylation is 2. The number of hydrogen-bond donors (Lipinski definition) is 1. The van der Waals surface area contributed by atoms with Crippen LogP contribution in [0.2, 0.25) is 0 Å². The summed E-state index contributed by atoms with van der Waals surface area (Å²) in [6, 6.07) is 26.6. The van der Waals surface area contributed by atoms with E-state index in [1.807, 2.05) is 41.3 Å². The van der Waals surface area contributed by atoms with Gasteiger partial charge in [0.2, 0.25) is 11.8 Å². The summed E-state index contributed by atoms with van der Waals surface area (Å²) in [5, 5.41) is 3.33. The van der Waals surface area contributed by atoms with Gasteiger partial charge in [-0.25, -0.2) is 0 Å². The predicted molar refractivity (Wildman–Crippen MR) is 164 cm³/mol. The Hall–Kier alpha value is -3.40. The number of amides is 2. The van der Waals surface area contributed by atoms with E-state index in [0.717, 1.165) is 47.9 Å². The number of benzene rings is 3. The fourth-order valence-corrected chi connectivity index (χ4v) is 5.67. The molecule has 0 unspecified atom stereocenters. The summed E-state index contributed by atoms with van der Waals surface area (Å²) in [5.74, 6) is -0.0209. The van der Waals surface area contributed by atoms with Gasteiger partial charge in [0.1, 0.15) is 6.04 Å². The first-order valence-electron chi connectivity index (χ1n) is 15.0. The SMILES string of the molecule is Cc1cccc(CN(C(=O)CCc2ccc(C(C)(C)C)cc2)[C@@H](Cc2ccccc2)C(=O)NC2CCCCC2)c1. The second kappa shape index (κ2) is 13.8. The zero-order chi connectivity index (χ0) is 28.5. The molecule has 0 aromatic heterocycles. The lowest BCUT2D eigenvalue weighted by atomic mass is 9.86. The molecular weight excluding hydrogens is 492 g/mol. The minimum absolute atomic E-state index is 0.0149. The monoisotopic (exact) mass is 538 g/mol. The summed E-state index contributed by atoms with van der Waals surface area (Å²) in [6.45, 7) is 9.10. The van der Waals surface area contributed by atoms with Crippen LogP contribution in [-0.2, 0) is 34.4 Å². The molecule has 2 amide bonds. The molecule has 40 heavy (non-hydrogen) atoms. The number of rotatable bonds is 10. The second-order valence-electron chi connectivity index (χ2n) is 12.5. The van der Waals surface area contributed by atoms with E-state index in [2.05, 4.69) is 75.5 Å². The van der Waals surface area contributed by atoms with E-state index < -0.39 is 6.04 Å². The highest BCUT2D eigenvalue weighted by Gasteiger charge is 2.31. The van der Waals surface area contributed by atoms with E-state index in [1.54, 1.807) is 0 Å². The molecule has 1 saturated carbocycles. The maximum atomic E-state index is 14.0. The van der Waals surface area contributed by atoms with Gasteiger partial charge >= 0.3 is 0 Å². The topological polar surface area (TPSA) is 49.4 Å². The lowest BCUT2D eigenvalue weighted by Crippen LogP contribution is -2.52. The van der Waals surface area contributed by atoms with Crippen LogP contribution in [-0.4, -0.2) is 28.8 Å². The Kier molecular flexibility index (Phi) is 10.2. The van der Waals surface area contributed by atoms with Crippen molar-refractivity contribution in [1.82, 2.24) is 10.2 Å². The van der Waals surface area contributed by atoms with Crippen LogP contribution in [0.4, 0.5) is 0 Å². The fraction of sp³-hybridized carbons (Fsp3) is 0.444. The van der Waals surface area contributed by atoms with Crippen molar-refractivity contribution in [3.8, 4) is 0 Å². The zero-order valence-electron chi connectivity index (χ0n) is 24.8. The molecule has 212 valence electrons. The molecular formula is C36H46N2O2. The Labute approximate surface area is 241 Å². The highest BCUT2D eigenvalue weighted by Crippen LogP contribution is 2.24. The van der Waals surface area contributed by atoms with Crippen molar-refractivity contribution >= 4 is 11.8 Å². The maximum Gasteiger partial charge on any atom is 0.243 e. The van der Waals surface area contributed by atoms with Gasteiger partial charge in [-0.05, 0) is 53.9 Å². The van der Waals surface area contributed by atoms with E-state index in [9.17, 15) is 9.59 Å². The largest absolute Gasteiger partial charge is 0.352 e. The molecule has 0 heterocycles. The zero-order valence-corrected chi connectivity index (χ0v) is 24.8. The summed E-state index contributed by atoms with van der Waals surface area (Å²) < 4.78 is 0. The quantitative estimate of drug-likeness (QED) is 0.294. The smallest absolute Gasteiger partial charge is 0.243 e. The van der Waals surface area contributed by atoms with Gasteiger partial charge in [-0.2, -0.15) is 0 Å². The van der Waals surface area contributed by atoms with Gasteiger partial charge in [0.15, 0.2) is 0 Å². The molecule has 0 radical (unpaired) electrons. The van der Waals surface area contributed by atoms with Crippen molar-refractivity contribution in [2.75, 3.05) is 0 Å². The standard InChI is InChI=1S/C36H46N2O2/c1-27-12-11-15-30(24-27)26-38(34(39)23-20-28-18-21-31(22-19-28)36(2,3)4)33(25-29-13-7-5-8-14-29)35(40)37-32-16-9-6-10-17-32/h5,7-8,11-15,18-19,21-22,24,32-33H,6,9-10,16-17,20,23,25-26H2,1-4H3,(H,37,40)/t33-/m0/s1. The van der Waals surface area contributed by atoms with E-state index >= 15 is 0 Å². The first-order valence-corrected chi connectivity index (χ1v) is 15.0. The third-order valence-corrected chi connectivity index (χ3v) is 8.11. The second-order valence-corrected chi connectivity index (χ2v) is 12.5. The molecule has 4 nitrogen and oxygen atoms in total. The predicted octanol–water partition coefficient (Wildman–Crippen LogP) is 7.31. The van der Waals surface area contributed by atoms with Gasteiger partial charge in [0.25, 0.3) is 0 Å². The number of carbonyl (C=O) groups excluding carboxylic acids is 2. The van der Waals surface area contributed by atoms with Crippen LogP contribution in [0.15, 0.2) is 78.9 Å². The highest BCUT2D eigenvalue weighted by atomic mass is 16.2. The first-order chi connectivity index (χ1) is 19.2. The molecule has 3 aromatic rings. The van der Waals surface area contributed by atoms with Gasteiger partial charge in [0, 0.05) is 25.4 Å². The summed E-state index contributed by atoms with van der Waals surface area (Å²) in [7, 11) is 0. The molecule has 1 aliphatic carbocycles. The maximum absolute atomic E-state index is 14.0. The molecule has 4 rings (SSSR count). The molecule has 1 fully saturated rings. The Bertz CT molecular complexity index is 1240. The molecule has 0 aliphatic heterocycles. The van der Waals surface area contributed by atoms with E-state index in [0.29, 0.717) is 25.8 Å². The van der Waals surface area contributed by atoms with Crippen LogP contribution < -0.4 is 5.32 Å². The van der Waals surface area contributed by atoms with E-state index in [1.165, 1.54) is 12.0 Å². The number of nitrogens with zero attached hydrogens (tertiary/aromatic N) is 1. The molecule has 3 aromatic carbocycles. The van der Waals surface area contributed by atoms with E-state index in [4.69, 9.17) is 0 Å². The normalized spacial score (nSPS) is 14.9.